The molecule has 0 bridgehead atoms. The number of furan rings is 1. The summed E-state index contributed by atoms with van der Waals surface area (Å²) >= 11 is 0. The molecular weight excluding hydrogens is 739 g/mol. The van der Waals surface area contributed by atoms with Gasteiger partial charge in [-0.25, -0.2) is 0 Å². The first-order chi connectivity index (χ1) is 30.0. The lowest BCUT2D eigenvalue weighted by Gasteiger charge is -2.32. The molecule has 0 N–H and O–H groups in total. The number of hydrogen-bond donors (Lipinski definition) is 0. The lowest BCUT2D eigenvalue weighted by molar-refractivity contribution is 0.660. The van der Waals surface area contributed by atoms with E-state index in [4.69, 9.17) is 4.42 Å². The second kappa shape index (κ2) is 13.7. The third-order valence-corrected chi connectivity index (χ3v) is 13.1. The van der Waals surface area contributed by atoms with Crippen molar-refractivity contribution in [1.29, 1.82) is 0 Å². The highest BCUT2D eigenvalue weighted by atomic mass is 16.3. The van der Waals surface area contributed by atoms with E-state index in [9.17, 15) is 0 Å². The zero-order valence-corrected chi connectivity index (χ0v) is 34.1. The van der Waals surface area contributed by atoms with E-state index >= 15 is 0 Å². The summed E-state index contributed by atoms with van der Waals surface area (Å²) in [4.78, 5) is 2.51. The van der Waals surface area contributed by atoms with Crippen molar-refractivity contribution >= 4 is 60.5 Å². The van der Waals surface area contributed by atoms with Crippen LogP contribution in [0.3, 0.4) is 0 Å². The molecule has 1 aliphatic rings. The highest BCUT2D eigenvalue weighted by Crippen LogP contribution is 2.55. The molecule has 2 nitrogen and oxygen atoms in total. The van der Waals surface area contributed by atoms with Gasteiger partial charge in [-0.15, -0.1) is 0 Å². The van der Waals surface area contributed by atoms with Gasteiger partial charge in [0.25, 0.3) is 0 Å². The molecule has 10 aromatic carbocycles. The predicted molar refractivity (Wildman–Crippen MR) is 257 cm³/mol. The molecule has 61 heavy (non-hydrogen) atoms. The summed E-state index contributed by atoms with van der Waals surface area (Å²) in [5.74, 6) is 0. The lowest BCUT2D eigenvalue weighted by atomic mass is 9.82. The number of rotatable bonds is 6. The van der Waals surface area contributed by atoms with Crippen LogP contribution in [0.4, 0.5) is 17.1 Å². The number of hydrogen-bond acceptors (Lipinski definition) is 2. The highest BCUT2D eigenvalue weighted by Gasteiger charge is 2.37. The second-order valence-electron chi connectivity index (χ2n) is 16.8. The monoisotopic (exact) mass is 779 g/mol. The van der Waals surface area contributed by atoms with Gasteiger partial charge in [0, 0.05) is 38.3 Å². The van der Waals surface area contributed by atoms with Crippen molar-refractivity contribution in [2.45, 2.75) is 19.3 Å². The molecule has 0 aliphatic heterocycles. The van der Waals surface area contributed by atoms with Crippen LogP contribution in [0.25, 0.3) is 88.0 Å². The molecule has 0 saturated carbocycles. The fourth-order valence-corrected chi connectivity index (χ4v) is 10.2. The van der Waals surface area contributed by atoms with E-state index in [1.807, 2.05) is 0 Å². The summed E-state index contributed by atoms with van der Waals surface area (Å²) < 4.78 is 6.76. The molecule has 0 unspecified atom stereocenters. The van der Waals surface area contributed by atoms with Crippen LogP contribution >= 0.6 is 0 Å². The second-order valence-corrected chi connectivity index (χ2v) is 16.8. The van der Waals surface area contributed by atoms with E-state index in [1.54, 1.807) is 0 Å². The Labute approximate surface area is 355 Å². The summed E-state index contributed by atoms with van der Waals surface area (Å²) in [5.41, 5.74) is 17.3. The maximum Gasteiger partial charge on any atom is 0.143 e. The molecule has 1 heterocycles. The molecule has 0 saturated heterocycles. The maximum absolute atomic E-state index is 6.76. The van der Waals surface area contributed by atoms with Crippen LogP contribution in [0, 0.1) is 0 Å². The minimum Gasteiger partial charge on any atom is -0.455 e. The topological polar surface area (TPSA) is 16.4 Å². The Bertz CT molecular complexity index is 3530. The molecule has 0 fully saturated rings. The van der Waals surface area contributed by atoms with Crippen molar-refractivity contribution in [3.05, 3.63) is 223 Å². The molecule has 0 atom stereocenters. The first-order valence-electron chi connectivity index (χ1n) is 21.2. The van der Waals surface area contributed by atoms with Gasteiger partial charge in [0.2, 0.25) is 0 Å². The van der Waals surface area contributed by atoms with Crippen LogP contribution in [-0.2, 0) is 5.41 Å². The Morgan fingerprint density at radius 2 is 0.918 bits per heavy atom. The van der Waals surface area contributed by atoms with E-state index in [1.165, 1.54) is 55.1 Å². The van der Waals surface area contributed by atoms with Crippen molar-refractivity contribution in [3.8, 4) is 44.5 Å². The van der Waals surface area contributed by atoms with Crippen molar-refractivity contribution in [2.75, 3.05) is 4.90 Å². The molecule has 288 valence electrons. The van der Waals surface area contributed by atoms with Crippen LogP contribution in [-0.4, -0.2) is 0 Å². The molecule has 0 radical (unpaired) electrons. The minimum atomic E-state index is -0.122. The van der Waals surface area contributed by atoms with E-state index in [0.29, 0.717) is 0 Å². The zero-order valence-electron chi connectivity index (χ0n) is 34.1. The van der Waals surface area contributed by atoms with Crippen LogP contribution in [0.5, 0.6) is 0 Å². The van der Waals surface area contributed by atoms with Crippen molar-refractivity contribution < 1.29 is 4.42 Å². The van der Waals surface area contributed by atoms with Gasteiger partial charge >= 0.3 is 0 Å². The first kappa shape index (κ1) is 35.3. The molecular formula is C59H41NO. The van der Waals surface area contributed by atoms with Crippen LogP contribution < -0.4 is 4.90 Å². The molecule has 11 aromatic rings. The molecule has 1 aromatic heterocycles. The highest BCUT2D eigenvalue weighted by molar-refractivity contribution is 6.20. The Balaban J connectivity index is 1.15. The van der Waals surface area contributed by atoms with Crippen LogP contribution in [0.2, 0.25) is 0 Å². The van der Waals surface area contributed by atoms with Gasteiger partial charge in [0.15, 0.2) is 0 Å². The standard InChI is InChI=1S/C59H41NO/c1-59(2)50-27-11-7-24-48(50)56-46(25-15-28-51(56)59)44-22-9-13-30-53(44)60(52-29-12-8-20-42(52)41-34-33-38-17-3-4-19-40(38)37-41)54-31-14-10-23-45(54)47-26-16-32-55-57(47)49-36-35-39-18-5-6-21-43(39)58(49)61-55/h3-37H,1-2H3. The largest absolute Gasteiger partial charge is 0.455 e. The Morgan fingerprint density at radius 3 is 1.70 bits per heavy atom. The van der Waals surface area contributed by atoms with Gasteiger partial charge in [-0.1, -0.05) is 190 Å². The van der Waals surface area contributed by atoms with Gasteiger partial charge in [0.05, 0.1) is 17.1 Å². The number of nitrogens with zero attached hydrogens (tertiary/aromatic N) is 1. The van der Waals surface area contributed by atoms with Crippen LogP contribution in [0.1, 0.15) is 25.0 Å². The zero-order chi connectivity index (χ0) is 40.7. The predicted octanol–water partition coefficient (Wildman–Crippen LogP) is 16.7. The SMILES string of the molecule is CC1(C)c2ccccc2-c2c(-c3ccccc3N(c3ccccc3-c3ccc4ccccc4c3)c3ccccc3-c3cccc4oc5c6ccccc6ccc5c34)cccc21. The lowest BCUT2D eigenvalue weighted by Crippen LogP contribution is -2.15. The number of fused-ring (bicyclic) bond motifs is 9. The smallest absolute Gasteiger partial charge is 0.143 e. The fraction of sp³-hybridized carbons (Fsp3) is 0.0508. The summed E-state index contributed by atoms with van der Waals surface area (Å²) in [7, 11) is 0. The molecule has 2 heteroatoms. The van der Waals surface area contributed by atoms with Gasteiger partial charge in [-0.05, 0) is 91.5 Å². The Hall–Kier alpha value is -7.68. The van der Waals surface area contributed by atoms with Crippen LogP contribution in [0.15, 0.2) is 217 Å². The Kier molecular flexibility index (Phi) is 7.92. The third-order valence-electron chi connectivity index (χ3n) is 13.1. The summed E-state index contributed by atoms with van der Waals surface area (Å²) in [5, 5.41) is 6.97. The fourth-order valence-electron chi connectivity index (χ4n) is 10.2. The van der Waals surface area contributed by atoms with E-state index < -0.39 is 0 Å². The van der Waals surface area contributed by atoms with Gasteiger partial charge in [0.1, 0.15) is 11.2 Å². The summed E-state index contributed by atoms with van der Waals surface area (Å²) in [6.07, 6.45) is 0. The summed E-state index contributed by atoms with van der Waals surface area (Å²) in [6, 6.07) is 77.5. The average molecular weight is 780 g/mol. The molecule has 12 rings (SSSR count). The number of para-hydroxylation sites is 3. The van der Waals surface area contributed by atoms with E-state index in [0.717, 1.165) is 61.1 Å². The van der Waals surface area contributed by atoms with Gasteiger partial charge in [-0.2, -0.15) is 0 Å². The molecule has 0 amide bonds. The van der Waals surface area contributed by atoms with Crippen molar-refractivity contribution in [2.24, 2.45) is 0 Å². The Morgan fingerprint density at radius 1 is 0.377 bits per heavy atom. The van der Waals surface area contributed by atoms with Gasteiger partial charge < -0.3 is 9.32 Å². The molecule has 0 spiro atoms. The summed E-state index contributed by atoms with van der Waals surface area (Å²) in [6.45, 7) is 4.72. The van der Waals surface area contributed by atoms with Crippen molar-refractivity contribution in [1.82, 2.24) is 0 Å². The minimum absolute atomic E-state index is 0.122. The van der Waals surface area contributed by atoms with E-state index in [-0.39, 0.29) is 5.41 Å². The first-order valence-corrected chi connectivity index (χ1v) is 21.2. The van der Waals surface area contributed by atoms with E-state index in [2.05, 4.69) is 231 Å². The van der Waals surface area contributed by atoms with Crippen molar-refractivity contribution in [3.63, 3.8) is 0 Å². The van der Waals surface area contributed by atoms with Gasteiger partial charge in [-0.3, -0.25) is 0 Å². The number of anilines is 3. The number of benzene rings is 10. The normalized spacial score (nSPS) is 12.9. The maximum atomic E-state index is 6.76. The quantitative estimate of drug-likeness (QED) is 0.167. The average Bonchev–Trinajstić information content (AvgIpc) is 3.82. The third kappa shape index (κ3) is 5.42. The molecule has 1 aliphatic carbocycles.